The predicted molar refractivity (Wildman–Crippen MR) is 95.3 cm³/mol. The maximum atomic E-state index is 12.2. The van der Waals surface area contributed by atoms with Gasteiger partial charge in [-0.25, -0.2) is 0 Å². The largest absolute Gasteiger partial charge is 0.573 e. The average Bonchev–Trinajstić information content (AvgIpc) is 3.19. The number of nitrogens with zero attached hydrogens (tertiary/aromatic N) is 3. The molecule has 0 aliphatic carbocycles. The Labute approximate surface area is 158 Å². The number of ether oxygens (including phenoxy) is 1. The van der Waals surface area contributed by atoms with Crippen molar-refractivity contribution >= 4 is 11.7 Å². The van der Waals surface area contributed by atoms with E-state index in [1.165, 1.54) is 12.1 Å². The summed E-state index contributed by atoms with van der Waals surface area (Å²) in [6, 6.07) is 12.2. The summed E-state index contributed by atoms with van der Waals surface area (Å²) in [5, 5.41) is 13.7. The number of halogens is 3. The number of hydrogen-bond donors (Lipinski definition) is 2. The molecular weight excluding hydrogens is 375 g/mol. The van der Waals surface area contributed by atoms with Crippen LogP contribution in [0.4, 0.5) is 19.0 Å². The van der Waals surface area contributed by atoms with Gasteiger partial charge < -0.3 is 19.9 Å². The SMILES string of the molecule is O=C(NCCNc1ccc(-n2cccc2)nn1)c1cccc(OC(F)(F)F)c1. The highest BCUT2D eigenvalue weighted by Gasteiger charge is 2.31. The molecule has 0 aliphatic heterocycles. The zero-order valence-electron chi connectivity index (χ0n) is 14.5. The van der Waals surface area contributed by atoms with Crippen molar-refractivity contribution in [3.8, 4) is 11.6 Å². The Hall–Kier alpha value is -3.56. The third kappa shape index (κ3) is 5.47. The molecule has 2 heterocycles. The summed E-state index contributed by atoms with van der Waals surface area (Å²) in [6.45, 7) is 0.603. The number of amides is 1. The highest BCUT2D eigenvalue weighted by Crippen LogP contribution is 2.23. The number of rotatable bonds is 7. The van der Waals surface area contributed by atoms with Crippen molar-refractivity contribution in [3.05, 3.63) is 66.5 Å². The monoisotopic (exact) mass is 391 g/mol. The van der Waals surface area contributed by atoms with Gasteiger partial charge in [-0.15, -0.1) is 23.4 Å². The standard InChI is InChI=1S/C18H16F3N5O2/c19-18(20,21)28-14-5-3-4-13(12-14)17(27)23-9-8-22-15-6-7-16(25-24-15)26-10-1-2-11-26/h1-7,10-12H,8-9H2,(H,22,24)(H,23,27). The fourth-order valence-electron chi connectivity index (χ4n) is 2.35. The van der Waals surface area contributed by atoms with Crippen molar-refractivity contribution in [2.45, 2.75) is 6.36 Å². The van der Waals surface area contributed by atoms with E-state index < -0.39 is 18.0 Å². The van der Waals surface area contributed by atoms with Crippen molar-refractivity contribution in [1.29, 1.82) is 0 Å². The van der Waals surface area contributed by atoms with E-state index in [4.69, 9.17) is 0 Å². The molecule has 3 aromatic rings. The minimum absolute atomic E-state index is 0.0672. The van der Waals surface area contributed by atoms with Crippen LogP contribution in [0.1, 0.15) is 10.4 Å². The van der Waals surface area contributed by atoms with E-state index in [1.807, 2.05) is 29.1 Å². The molecule has 1 amide bonds. The maximum absolute atomic E-state index is 12.2. The number of carbonyl (C=O) groups excluding carboxylic acids is 1. The molecule has 0 aliphatic rings. The van der Waals surface area contributed by atoms with Crippen LogP contribution in [0.2, 0.25) is 0 Å². The molecular formula is C18H16F3N5O2. The van der Waals surface area contributed by atoms with Crippen LogP contribution in [0, 0.1) is 0 Å². The van der Waals surface area contributed by atoms with Gasteiger partial charge >= 0.3 is 6.36 Å². The summed E-state index contributed by atoms with van der Waals surface area (Å²) in [6.07, 6.45) is -1.11. The van der Waals surface area contributed by atoms with Gasteiger partial charge in [0.2, 0.25) is 0 Å². The Morgan fingerprint density at radius 1 is 1.04 bits per heavy atom. The molecule has 0 saturated heterocycles. The first kappa shape index (κ1) is 19.2. The smallest absolute Gasteiger partial charge is 0.406 e. The van der Waals surface area contributed by atoms with E-state index >= 15 is 0 Å². The highest BCUT2D eigenvalue weighted by atomic mass is 19.4. The van der Waals surface area contributed by atoms with Crippen molar-refractivity contribution in [3.63, 3.8) is 0 Å². The third-order valence-electron chi connectivity index (χ3n) is 3.57. The molecule has 0 saturated carbocycles. The number of benzene rings is 1. The number of hydrogen-bond acceptors (Lipinski definition) is 5. The minimum atomic E-state index is -4.81. The van der Waals surface area contributed by atoms with Gasteiger partial charge in [0, 0.05) is 31.0 Å². The molecule has 1 aromatic carbocycles. The van der Waals surface area contributed by atoms with Crippen LogP contribution in [0.25, 0.3) is 5.82 Å². The molecule has 0 fully saturated rings. The summed E-state index contributed by atoms with van der Waals surface area (Å²) >= 11 is 0. The van der Waals surface area contributed by atoms with E-state index in [-0.39, 0.29) is 12.1 Å². The van der Waals surface area contributed by atoms with Gasteiger partial charge in [0.25, 0.3) is 5.91 Å². The fraction of sp³-hybridized carbons (Fsp3) is 0.167. The summed E-state index contributed by atoms with van der Waals surface area (Å²) < 4.78 is 42.4. The zero-order chi connectivity index (χ0) is 20.0. The Kier molecular flexibility index (Phi) is 5.78. The summed E-state index contributed by atoms with van der Waals surface area (Å²) in [4.78, 5) is 12.0. The van der Waals surface area contributed by atoms with Gasteiger partial charge in [-0.1, -0.05) is 6.07 Å². The van der Waals surface area contributed by atoms with Crippen LogP contribution in [0.15, 0.2) is 60.9 Å². The number of anilines is 1. The summed E-state index contributed by atoms with van der Waals surface area (Å²) in [5.74, 6) is 0.246. The van der Waals surface area contributed by atoms with Crippen molar-refractivity contribution in [2.24, 2.45) is 0 Å². The first-order chi connectivity index (χ1) is 13.4. The minimum Gasteiger partial charge on any atom is -0.406 e. The molecule has 0 radical (unpaired) electrons. The lowest BCUT2D eigenvalue weighted by molar-refractivity contribution is -0.274. The van der Waals surface area contributed by atoms with Crippen LogP contribution in [0.5, 0.6) is 5.75 Å². The molecule has 0 bridgehead atoms. The number of nitrogens with one attached hydrogen (secondary N) is 2. The van der Waals surface area contributed by atoms with Gasteiger partial charge in [0.15, 0.2) is 5.82 Å². The lowest BCUT2D eigenvalue weighted by Gasteiger charge is -2.10. The normalized spacial score (nSPS) is 11.1. The molecule has 0 spiro atoms. The van der Waals surface area contributed by atoms with Gasteiger partial charge in [0.1, 0.15) is 11.6 Å². The molecule has 2 aromatic heterocycles. The first-order valence-electron chi connectivity index (χ1n) is 8.26. The first-order valence-corrected chi connectivity index (χ1v) is 8.26. The molecule has 28 heavy (non-hydrogen) atoms. The predicted octanol–water partition coefficient (Wildman–Crippen LogP) is 3.01. The number of alkyl halides is 3. The molecule has 7 nitrogen and oxygen atoms in total. The van der Waals surface area contributed by atoms with Crippen LogP contribution < -0.4 is 15.4 Å². The average molecular weight is 391 g/mol. The van der Waals surface area contributed by atoms with E-state index in [0.29, 0.717) is 18.2 Å². The second-order valence-electron chi connectivity index (χ2n) is 5.63. The molecule has 2 N–H and O–H groups in total. The fourth-order valence-corrected chi connectivity index (χ4v) is 2.35. The molecule has 0 atom stereocenters. The molecule has 3 rings (SSSR count). The van der Waals surface area contributed by atoms with Crippen molar-refractivity contribution in [1.82, 2.24) is 20.1 Å². The lowest BCUT2D eigenvalue weighted by Crippen LogP contribution is -2.29. The molecule has 146 valence electrons. The van der Waals surface area contributed by atoms with E-state index in [0.717, 1.165) is 12.1 Å². The highest BCUT2D eigenvalue weighted by molar-refractivity contribution is 5.94. The third-order valence-corrected chi connectivity index (χ3v) is 3.57. The Bertz CT molecular complexity index is 912. The Morgan fingerprint density at radius 3 is 2.50 bits per heavy atom. The maximum Gasteiger partial charge on any atom is 0.573 e. The molecule has 0 unspecified atom stereocenters. The summed E-state index contributed by atoms with van der Waals surface area (Å²) in [5.41, 5.74) is 0.0672. The number of aromatic nitrogens is 3. The van der Waals surface area contributed by atoms with Crippen LogP contribution in [-0.4, -0.2) is 40.1 Å². The summed E-state index contributed by atoms with van der Waals surface area (Å²) in [7, 11) is 0. The van der Waals surface area contributed by atoms with E-state index in [9.17, 15) is 18.0 Å². The Morgan fingerprint density at radius 2 is 1.82 bits per heavy atom. The Balaban J connectivity index is 1.46. The van der Waals surface area contributed by atoms with Crippen LogP contribution in [-0.2, 0) is 0 Å². The van der Waals surface area contributed by atoms with E-state index in [2.05, 4.69) is 25.6 Å². The zero-order valence-corrected chi connectivity index (χ0v) is 14.5. The van der Waals surface area contributed by atoms with Gasteiger partial charge in [0.05, 0.1) is 0 Å². The number of carbonyl (C=O) groups is 1. The van der Waals surface area contributed by atoms with Crippen molar-refractivity contribution < 1.29 is 22.7 Å². The molecule has 10 heteroatoms. The van der Waals surface area contributed by atoms with Crippen molar-refractivity contribution in [2.75, 3.05) is 18.4 Å². The van der Waals surface area contributed by atoms with Crippen LogP contribution >= 0.6 is 0 Å². The van der Waals surface area contributed by atoms with Gasteiger partial charge in [-0.3, -0.25) is 4.79 Å². The van der Waals surface area contributed by atoms with E-state index in [1.54, 1.807) is 12.1 Å². The second kappa shape index (κ2) is 8.42. The van der Waals surface area contributed by atoms with Crippen LogP contribution in [0.3, 0.4) is 0 Å². The quantitative estimate of drug-likeness (QED) is 0.605. The lowest BCUT2D eigenvalue weighted by atomic mass is 10.2. The topological polar surface area (TPSA) is 81.1 Å². The van der Waals surface area contributed by atoms with Gasteiger partial charge in [-0.2, -0.15) is 0 Å². The van der Waals surface area contributed by atoms with Gasteiger partial charge in [-0.05, 0) is 42.5 Å². The second-order valence-corrected chi connectivity index (χ2v) is 5.63.